The van der Waals surface area contributed by atoms with Crippen molar-refractivity contribution in [3.8, 4) is 0 Å². The summed E-state index contributed by atoms with van der Waals surface area (Å²) in [5.74, 6) is 0. The molecule has 1 aromatic heterocycles. The van der Waals surface area contributed by atoms with Crippen molar-refractivity contribution in [2.45, 2.75) is 19.4 Å². The summed E-state index contributed by atoms with van der Waals surface area (Å²) in [5.41, 5.74) is 1.51. The zero-order valence-electron chi connectivity index (χ0n) is 7.07. The predicted octanol–water partition coefficient (Wildman–Crippen LogP) is 0.806. The first kappa shape index (κ1) is 9.16. The molecule has 1 heterocycles. The third kappa shape index (κ3) is 2.29. The topological polar surface area (TPSA) is 53.4 Å². The highest BCUT2D eigenvalue weighted by atomic mass is 16.3. The lowest BCUT2D eigenvalue weighted by Gasteiger charge is -2.07. The van der Waals surface area contributed by atoms with E-state index in [1.807, 2.05) is 19.1 Å². The van der Waals surface area contributed by atoms with Crippen LogP contribution in [-0.2, 0) is 0 Å². The van der Waals surface area contributed by atoms with E-state index in [4.69, 9.17) is 5.11 Å². The van der Waals surface area contributed by atoms with Crippen LogP contribution in [0.2, 0.25) is 0 Å². The van der Waals surface area contributed by atoms with Crippen molar-refractivity contribution in [3.05, 3.63) is 29.6 Å². The molecular formula is C9H13NO2. The minimum Gasteiger partial charge on any atom is -0.396 e. The quantitative estimate of drug-likeness (QED) is 0.700. The van der Waals surface area contributed by atoms with Gasteiger partial charge in [-0.05, 0) is 19.1 Å². The molecule has 1 atom stereocenters. The van der Waals surface area contributed by atoms with Crippen LogP contribution in [-0.4, -0.2) is 21.8 Å². The molecule has 0 radical (unpaired) electrons. The van der Waals surface area contributed by atoms with E-state index < -0.39 is 6.10 Å². The van der Waals surface area contributed by atoms with Gasteiger partial charge in [-0.1, -0.05) is 6.07 Å². The first-order valence-electron chi connectivity index (χ1n) is 3.96. The van der Waals surface area contributed by atoms with Crippen LogP contribution in [0, 0.1) is 6.92 Å². The molecule has 1 rings (SSSR count). The molecule has 0 saturated carbocycles. The normalized spacial score (nSPS) is 12.9. The van der Waals surface area contributed by atoms with Crippen molar-refractivity contribution in [2.24, 2.45) is 0 Å². The third-order valence-electron chi connectivity index (χ3n) is 1.65. The second-order valence-electron chi connectivity index (χ2n) is 2.73. The SMILES string of the molecule is Cc1cccc(C(O)CCO)n1. The number of hydrogen-bond acceptors (Lipinski definition) is 3. The van der Waals surface area contributed by atoms with Gasteiger partial charge in [0.1, 0.15) is 0 Å². The highest BCUT2D eigenvalue weighted by Crippen LogP contribution is 2.13. The molecule has 0 aromatic carbocycles. The van der Waals surface area contributed by atoms with Crippen molar-refractivity contribution in [1.29, 1.82) is 0 Å². The molecule has 0 fully saturated rings. The van der Waals surface area contributed by atoms with Crippen molar-refractivity contribution in [1.82, 2.24) is 4.98 Å². The highest BCUT2D eigenvalue weighted by molar-refractivity contribution is 5.11. The zero-order valence-corrected chi connectivity index (χ0v) is 7.07. The van der Waals surface area contributed by atoms with Gasteiger partial charge in [0, 0.05) is 18.7 Å². The average Bonchev–Trinajstić information content (AvgIpc) is 2.05. The van der Waals surface area contributed by atoms with E-state index in [0.29, 0.717) is 12.1 Å². The molecule has 3 heteroatoms. The lowest BCUT2D eigenvalue weighted by Crippen LogP contribution is -2.03. The number of rotatable bonds is 3. The number of nitrogens with zero attached hydrogens (tertiary/aromatic N) is 1. The number of aromatic nitrogens is 1. The Hall–Kier alpha value is -0.930. The van der Waals surface area contributed by atoms with Gasteiger partial charge in [0.05, 0.1) is 11.8 Å². The van der Waals surface area contributed by atoms with E-state index in [1.54, 1.807) is 6.07 Å². The summed E-state index contributed by atoms with van der Waals surface area (Å²) in [4.78, 5) is 4.13. The van der Waals surface area contributed by atoms with Crippen molar-refractivity contribution in [3.63, 3.8) is 0 Å². The molecule has 66 valence electrons. The fourth-order valence-electron chi connectivity index (χ4n) is 1.02. The van der Waals surface area contributed by atoms with Crippen LogP contribution in [0.15, 0.2) is 18.2 Å². The van der Waals surface area contributed by atoms with E-state index in [9.17, 15) is 5.11 Å². The molecule has 0 bridgehead atoms. The zero-order chi connectivity index (χ0) is 8.97. The molecule has 0 amide bonds. The number of aliphatic hydroxyl groups excluding tert-OH is 2. The van der Waals surface area contributed by atoms with Gasteiger partial charge in [0.15, 0.2) is 0 Å². The minimum atomic E-state index is -0.644. The van der Waals surface area contributed by atoms with Crippen LogP contribution in [0.4, 0.5) is 0 Å². The van der Waals surface area contributed by atoms with Crippen LogP contribution in [0.25, 0.3) is 0 Å². The predicted molar refractivity (Wildman–Crippen MR) is 45.6 cm³/mol. The van der Waals surface area contributed by atoms with Gasteiger partial charge in [0.2, 0.25) is 0 Å². The summed E-state index contributed by atoms with van der Waals surface area (Å²) in [6, 6.07) is 5.47. The maximum atomic E-state index is 9.42. The molecule has 0 spiro atoms. The van der Waals surface area contributed by atoms with E-state index in [2.05, 4.69) is 4.98 Å². The molecule has 0 aliphatic rings. The largest absolute Gasteiger partial charge is 0.396 e. The van der Waals surface area contributed by atoms with Crippen LogP contribution in [0.1, 0.15) is 23.9 Å². The fraction of sp³-hybridized carbons (Fsp3) is 0.444. The first-order valence-corrected chi connectivity index (χ1v) is 3.96. The lowest BCUT2D eigenvalue weighted by atomic mass is 10.1. The Morgan fingerprint density at radius 3 is 2.83 bits per heavy atom. The molecule has 12 heavy (non-hydrogen) atoms. The summed E-state index contributed by atoms with van der Waals surface area (Å²) in [6.07, 6.45) is -0.300. The van der Waals surface area contributed by atoms with E-state index >= 15 is 0 Å². The maximum Gasteiger partial charge on any atom is 0.0981 e. The van der Waals surface area contributed by atoms with E-state index in [1.165, 1.54) is 0 Å². The lowest BCUT2D eigenvalue weighted by molar-refractivity contribution is 0.130. The molecular weight excluding hydrogens is 154 g/mol. The van der Waals surface area contributed by atoms with Crippen LogP contribution < -0.4 is 0 Å². The van der Waals surface area contributed by atoms with Crippen molar-refractivity contribution >= 4 is 0 Å². The maximum absolute atomic E-state index is 9.42. The highest BCUT2D eigenvalue weighted by Gasteiger charge is 2.07. The summed E-state index contributed by atoms with van der Waals surface area (Å²) >= 11 is 0. The number of hydrogen-bond donors (Lipinski definition) is 2. The van der Waals surface area contributed by atoms with Crippen LogP contribution in [0.5, 0.6) is 0 Å². The Balaban J connectivity index is 2.73. The van der Waals surface area contributed by atoms with Crippen LogP contribution in [0.3, 0.4) is 0 Å². The third-order valence-corrected chi connectivity index (χ3v) is 1.65. The van der Waals surface area contributed by atoms with Gasteiger partial charge >= 0.3 is 0 Å². The molecule has 1 unspecified atom stereocenters. The van der Waals surface area contributed by atoms with Crippen LogP contribution >= 0.6 is 0 Å². The van der Waals surface area contributed by atoms with Gasteiger partial charge in [-0.2, -0.15) is 0 Å². The van der Waals surface area contributed by atoms with Gasteiger partial charge in [-0.25, -0.2) is 0 Å². The average molecular weight is 167 g/mol. The number of aliphatic hydroxyl groups is 2. The Labute approximate surface area is 71.7 Å². The number of aryl methyl sites for hydroxylation is 1. The second-order valence-corrected chi connectivity index (χ2v) is 2.73. The molecule has 1 aromatic rings. The Bertz CT molecular complexity index is 250. The van der Waals surface area contributed by atoms with E-state index in [-0.39, 0.29) is 6.61 Å². The van der Waals surface area contributed by atoms with Gasteiger partial charge in [0.25, 0.3) is 0 Å². The minimum absolute atomic E-state index is 0.0171. The first-order chi connectivity index (χ1) is 5.74. The van der Waals surface area contributed by atoms with Gasteiger partial charge < -0.3 is 10.2 Å². The Morgan fingerprint density at radius 1 is 1.50 bits per heavy atom. The Morgan fingerprint density at radius 2 is 2.25 bits per heavy atom. The molecule has 0 aliphatic heterocycles. The summed E-state index contributed by atoms with van der Waals surface area (Å²) in [5, 5.41) is 18.0. The second kappa shape index (κ2) is 4.18. The van der Waals surface area contributed by atoms with Gasteiger partial charge in [-0.3, -0.25) is 4.98 Å². The summed E-state index contributed by atoms with van der Waals surface area (Å²) in [7, 11) is 0. The Kier molecular flexibility index (Phi) is 3.19. The van der Waals surface area contributed by atoms with Gasteiger partial charge in [-0.15, -0.1) is 0 Å². The smallest absolute Gasteiger partial charge is 0.0981 e. The summed E-state index contributed by atoms with van der Waals surface area (Å²) < 4.78 is 0. The van der Waals surface area contributed by atoms with Crippen molar-refractivity contribution in [2.75, 3.05) is 6.61 Å². The fourth-order valence-corrected chi connectivity index (χ4v) is 1.02. The molecule has 0 saturated heterocycles. The van der Waals surface area contributed by atoms with E-state index in [0.717, 1.165) is 5.69 Å². The van der Waals surface area contributed by atoms with Crippen molar-refractivity contribution < 1.29 is 10.2 Å². The molecule has 3 nitrogen and oxygen atoms in total. The standard InChI is InChI=1S/C9H13NO2/c1-7-3-2-4-8(10-7)9(12)5-6-11/h2-4,9,11-12H,5-6H2,1H3. The monoisotopic (exact) mass is 167 g/mol. The number of pyridine rings is 1. The molecule has 2 N–H and O–H groups in total. The summed E-state index contributed by atoms with van der Waals surface area (Å²) in [6.45, 7) is 1.85. The molecule has 0 aliphatic carbocycles.